The molecule has 0 aliphatic carbocycles. The Balaban J connectivity index is 2.07. The molecule has 0 bridgehead atoms. The van der Waals surface area contributed by atoms with E-state index in [0.717, 1.165) is 23.5 Å². The van der Waals surface area contributed by atoms with Gasteiger partial charge < -0.3 is 16.0 Å². The van der Waals surface area contributed by atoms with Crippen LogP contribution < -0.4 is 16.0 Å². The Labute approximate surface area is 102 Å². The third kappa shape index (κ3) is 2.58. The van der Waals surface area contributed by atoms with Crippen molar-refractivity contribution in [3.05, 3.63) is 23.8 Å². The van der Waals surface area contributed by atoms with Crippen LogP contribution in [0.2, 0.25) is 0 Å². The summed E-state index contributed by atoms with van der Waals surface area (Å²) in [4.78, 5) is 13.7. The van der Waals surface area contributed by atoms with Gasteiger partial charge in [0.2, 0.25) is 5.91 Å². The van der Waals surface area contributed by atoms with Gasteiger partial charge >= 0.3 is 0 Å². The minimum atomic E-state index is 0.163. The monoisotopic (exact) mass is 233 g/mol. The van der Waals surface area contributed by atoms with E-state index < -0.39 is 0 Å². The molecule has 0 atom stereocenters. The summed E-state index contributed by atoms with van der Waals surface area (Å²) < 4.78 is 0. The van der Waals surface area contributed by atoms with E-state index in [1.165, 1.54) is 0 Å². The number of fused-ring (bicyclic) bond motifs is 1. The first-order valence-corrected chi connectivity index (χ1v) is 6.00. The second-order valence-corrected chi connectivity index (χ2v) is 4.72. The van der Waals surface area contributed by atoms with E-state index in [1.54, 1.807) is 0 Å². The first kappa shape index (κ1) is 11.9. The van der Waals surface area contributed by atoms with Crippen LogP contribution in [0.4, 0.5) is 11.4 Å². The van der Waals surface area contributed by atoms with Crippen molar-refractivity contribution < 1.29 is 4.79 Å². The quantitative estimate of drug-likeness (QED) is 0.767. The summed E-state index contributed by atoms with van der Waals surface area (Å²) in [5.41, 5.74) is 8.49. The number of nitrogen functional groups attached to an aromatic ring is 1. The van der Waals surface area contributed by atoms with Gasteiger partial charge in [-0.3, -0.25) is 4.79 Å². The smallest absolute Gasteiger partial charge is 0.231 e. The van der Waals surface area contributed by atoms with E-state index in [1.807, 2.05) is 23.1 Å². The number of carbonyl (C=O) groups is 1. The van der Waals surface area contributed by atoms with E-state index in [4.69, 9.17) is 5.73 Å². The fraction of sp³-hybridized carbons (Fsp3) is 0.462. The van der Waals surface area contributed by atoms with Gasteiger partial charge in [-0.1, -0.05) is 13.8 Å². The van der Waals surface area contributed by atoms with Gasteiger partial charge in [0.05, 0.1) is 6.42 Å². The molecule has 1 heterocycles. The topological polar surface area (TPSA) is 58.4 Å². The predicted molar refractivity (Wildman–Crippen MR) is 70.1 cm³/mol. The lowest BCUT2D eigenvalue weighted by atomic mass is 10.1. The van der Waals surface area contributed by atoms with E-state index >= 15 is 0 Å². The number of carbonyl (C=O) groups excluding carboxylic acids is 1. The highest BCUT2D eigenvalue weighted by Gasteiger charge is 2.26. The molecule has 92 valence electrons. The van der Waals surface area contributed by atoms with Crippen molar-refractivity contribution in [3.63, 3.8) is 0 Å². The average molecular weight is 233 g/mol. The summed E-state index contributed by atoms with van der Waals surface area (Å²) in [7, 11) is 0. The van der Waals surface area contributed by atoms with E-state index in [-0.39, 0.29) is 5.91 Å². The molecule has 1 aromatic rings. The van der Waals surface area contributed by atoms with Crippen LogP contribution in [-0.4, -0.2) is 25.0 Å². The molecular formula is C13H19N3O. The van der Waals surface area contributed by atoms with E-state index in [9.17, 15) is 4.79 Å². The van der Waals surface area contributed by atoms with Gasteiger partial charge in [-0.15, -0.1) is 0 Å². The number of hydrogen-bond donors (Lipinski definition) is 2. The third-order valence-corrected chi connectivity index (χ3v) is 2.93. The van der Waals surface area contributed by atoms with E-state index in [0.29, 0.717) is 19.0 Å². The van der Waals surface area contributed by atoms with Crippen LogP contribution in [0.25, 0.3) is 0 Å². The van der Waals surface area contributed by atoms with Gasteiger partial charge in [0.15, 0.2) is 0 Å². The maximum absolute atomic E-state index is 11.9. The van der Waals surface area contributed by atoms with Crippen molar-refractivity contribution >= 4 is 17.3 Å². The lowest BCUT2D eigenvalue weighted by molar-refractivity contribution is -0.117. The predicted octanol–water partition coefficient (Wildman–Crippen LogP) is 1.16. The number of rotatable bonds is 4. The highest BCUT2D eigenvalue weighted by molar-refractivity contribution is 6.01. The minimum Gasteiger partial charge on any atom is -0.399 e. The molecule has 1 amide bonds. The van der Waals surface area contributed by atoms with Crippen LogP contribution in [0.3, 0.4) is 0 Å². The zero-order valence-corrected chi connectivity index (χ0v) is 10.4. The molecule has 1 aromatic carbocycles. The van der Waals surface area contributed by atoms with Crippen molar-refractivity contribution in [3.8, 4) is 0 Å². The largest absolute Gasteiger partial charge is 0.399 e. The van der Waals surface area contributed by atoms with Gasteiger partial charge in [0.25, 0.3) is 0 Å². The fourth-order valence-electron chi connectivity index (χ4n) is 2.11. The van der Waals surface area contributed by atoms with Crippen molar-refractivity contribution in [1.82, 2.24) is 5.32 Å². The van der Waals surface area contributed by atoms with Crippen molar-refractivity contribution in [2.45, 2.75) is 26.3 Å². The highest BCUT2D eigenvalue weighted by atomic mass is 16.2. The SMILES string of the molecule is CC(C)NCCN1C(=O)Cc2cc(N)ccc21. The van der Waals surface area contributed by atoms with Crippen molar-refractivity contribution in [2.75, 3.05) is 23.7 Å². The van der Waals surface area contributed by atoms with Crippen LogP contribution in [-0.2, 0) is 11.2 Å². The van der Waals surface area contributed by atoms with Gasteiger partial charge in [-0.05, 0) is 23.8 Å². The van der Waals surface area contributed by atoms with Crippen LogP contribution >= 0.6 is 0 Å². The first-order valence-electron chi connectivity index (χ1n) is 6.00. The second-order valence-electron chi connectivity index (χ2n) is 4.72. The molecule has 0 saturated heterocycles. The first-order chi connectivity index (χ1) is 8.08. The van der Waals surface area contributed by atoms with Crippen LogP contribution in [0.15, 0.2) is 18.2 Å². The highest BCUT2D eigenvalue weighted by Crippen LogP contribution is 2.29. The molecule has 0 radical (unpaired) electrons. The molecule has 3 N–H and O–H groups in total. The number of anilines is 2. The molecule has 0 spiro atoms. The Hall–Kier alpha value is -1.55. The molecule has 0 unspecified atom stereocenters. The standard InChI is InChI=1S/C13H19N3O/c1-9(2)15-5-6-16-12-4-3-11(14)7-10(12)8-13(16)17/h3-4,7,9,15H,5-6,8,14H2,1-2H3. The van der Waals surface area contributed by atoms with Crippen molar-refractivity contribution in [1.29, 1.82) is 0 Å². The normalized spacial score (nSPS) is 14.5. The number of nitrogens with two attached hydrogens (primary N) is 1. The number of nitrogens with zero attached hydrogens (tertiary/aromatic N) is 1. The molecular weight excluding hydrogens is 214 g/mol. The zero-order chi connectivity index (χ0) is 12.4. The van der Waals surface area contributed by atoms with Crippen LogP contribution in [0.5, 0.6) is 0 Å². The van der Waals surface area contributed by atoms with Gasteiger partial charge in [0, 0.05) is 30.5 Å². The molecule has 1 aliphatic heterocycles. The summed E-state index contributed by atoms with van der Waals surface area (Å²) in [5.74, 6) is 0.163. The Morgan fingerprint density at radius 2 is 2.24 bits per heavy atom. The Kier molecular flexibility index (Phi) is 3.33. The molecule has 2 rings (SSSR count). The fourth-order valence-corrected chi connectivity index (χ4v) is 2.11. The zero-order valence-electron chi connectivity index (χ0n) is 10.4. The van der Waals surface area contributed by atoms with Gasteiger partial charge in [-0.25, -0.2) is 0 Å². The molecule has 4 nitrogen and oxygen atoms in total. The average Bonchev–Trinajstić information content (AvgIpc) is 2.54. The van der Waals surface area contributed by atoms with E-state index in [2.05, 4.69) is 19.2 Å². The van der Waals surface area contributed by atoms with Gasteiger partial charge in [0.1, 0.15) is 0 Å². The van der Waals surface area contributed by atoms with Crippen LogP contribution in [0.1, 0.15) is 19.4 Å². The summed E-state index contributed by atoms with van der Waals surface area (Å²) in [6.45, 7) is 5.72. The minimum absolute atomic E-state index is 0.163. The maximum Gasteiger partial charge on any atom is 0.231 e. The molecule has 4 heteroatoms. The van der Waals surface area contributed by atoms with Crippen molar-refractivity contribution in [2.24, 2.45) is 0 Å². The molecule has 0 saturated carbocycles. The number of hydrogen-bond acceptors (Lipinski definition) is 3. The third-order valence-electron chi connectivity index (χ3n) is 2.93. The number of benzene rings is 1. The van der Waals surface area contributed by atoms with Gasteiger partial charge in [-0.2, -0.15) is 0 Å². The molecule has 0 fully saturated rings. The number of nitrogens with one attached hydrogen (secondary N) is 1. The Morgan fingerprint density at radius 1 is 1.47 bits per heavy atom. The lowest BCUT2D eigenvalue weighted by Gasteiger charge is -2.18. The molecule has 0 aromatic heterocycles. The summed E-state index contributed by atoms with van der Waals surface area (Å²) in [6, 6.07) is 6.12. The van der Waals surface area contributed by atoms with Crippen LogP contribution in [0, 0.1) is 0 Å². The summed E-state index contributed by atoms with van der Waals surface area (Å²) >= 11 is 0. The summed E-state index contributed by atoms with van der Waals surface area (Å²) in [6.07, 6.45) is 0.474. The lowest BCUT2D eigenvalue weighted by Crippen LogP contribution is -2.36. The Bertz CT molecular complexity index is 429. The maximum atomic E-state index is 11.9. The molecule has 17 heavy (non-hydrogen) atoms. The second kappa shape index (κ2) is 4.75. The number of amides is 1. The molecule has 1 aliphatic rings. The Morgan fingerprint density at radius 3 is 2.94 bits per heavy atom. The summed E-state index contributed by atoms with van der Waals surface area (Å²) in [5, 5.41) is 3.32.